The van der Waals surface area contributed by atoms with Crippen LogP contribution in [0.1, 0.15) is 136 Å². The summed E-state index contributed by atoms with van der Waals surface area (Å²) in [5, 5.41) is 21.1. The van der Waals surface area contributed by atoms with Crippen molar-refractivity contribution in [2.24, 2.45) is 10.8 Å². The van der Waals surface area contributed by atoms with Crippen molar-refractivity contribution in [2.75, 3.05) is 40.0 Å². The number of carbonyl (C=O) groups excluding carboxylic acids is 3. The zero-order valence-corrected chi connectivity index (χ0v) is 33.6. The summed E-state index contributed by atoms with van der Waals surface area (Å²) in [6, 6.07) is 10.7. The minimum absolute atomic E-state index is 0.0779. The molecular weight excluding hydrogens is 646 g/mol. The van der Waals surface area contributed by atoms with Crippen molar-refractivity contribution >= 4 is 17.9 Å². The molecule has 0 amide bonds. The Hall–Kier alpha value is -3.59. The van der Waals surface area contributed by atoms with Gasteiger partial charge in [-0.25, -0.2) is 0 Å². The Balaban J connectivity index is 2.20. The second-order valence-corrected chi connectivity index (χ2v) is 18.2. The molecule has 0 aliphatic heterocycles. The molecule has 2 N–H and O–H groups in total. The molecule has 2 unspecified atom stereocenters. The van der Waals surface area contributed by atoms with Crippen molar-refractivity contribution in [2.45, 2.75) is 125 Å². The standard InChI is InChI=1S/C42H65NO8/c1-39(2,3)26-30(28-14-16-34(44)32(24-28)41(7,8)9)37(47)50-22-20-43(19-18-36(46)49-13)21-23-51-38(48)31(27-40(4,5)6)29-15-17-35(45)33(25-29)42(10,11)12/h14-17,24-25,30-31,44-45H,18-23,26-27H2,1-13H3. The van der Waals surface area contributed by atoms with Gasteiger partial charge in [-0.2, -0.15) is 0 Å². The predicted molar refractivity (Wildman–Crippen MR) is 202 cm³/mol. The van der Waals surface area contributed by atoms with Gasteiger partial charge in [-0.05, 0) is 68.9 Å². The maximum Gasteiger partial charge on any atom is 0.313 e. The lowest BCUT2D eigenvalue weighted by Crippen LogP contribution is -2.35. The molecule has 0 spiro atoms. The van der Waals surface area contributed by atoms with E-state index in [-0.39, 0.29) is 70.7 Å². The molecule has 0 saturated carbocycles. The molecule has 0 aliphatic rings. The molecule has 9 heteroatoms. The van der Waals surface area contributed by atoms with Crippen molar-refractivity contribution in [3.05, 3.63) is 58.7 Å². The zero-order valence-electron chi connectivity index (χ0n) is 33.6. The van der Waals surface area contributed by atoms with Gasteiger partial charge in [0.1, 0.15) is 24.7 Å². The fourth-order valence-electron chi connectivity index (χ4n) is 6.08. The topological polar surface area (TPSA) is 123 Å². The van der Waals surface area contributed by atoms with Crippen LogP contribution in [0.4, 0.5) is 0 Å². The maximum absolute atomic E-state index is 13.6. The lowest BCUT2D eigenvalue weighted by Gasteiger charge is -2.28. The van der Waals surface area contributed by atoms with Gasteiger partial charge in [-0.3, -0.25) is 19.3 Å². The Morgan fingerprint density at radius 2 is 1.00 bits per heavy atom. The summed E-state index contributed by atoms with van der Waals surface area (Å²) in [5.74, 6) is -1.76. The van der Waals surface area contributed by atoms with Crippen LogP contribution in [0, 0.1) is 10.8 Å². The minimum atomic E-state index is -0.533. The third kappa shape index (κ3) is 14.5. The van der Waals surface area contributed by atoms with Crippen LogP contribution < -0.4 is 0 Å². The third-order valence-electron chi connectivity index (χ3n) is 8.83. The highest BCUT2D eigenvalue weighted by Gasteiger charge is 2.32. The molecule has 2 aromatic carbocycles. The number of carbonyl (C=O) groups is 3. The minimum Gasteiger partial charge on any atom is -0.508 e. The molecule has 2 aromatic rings. The van der Waals surface area contributed by atoms with Crippen molar-refractivity contribution < 1.29 is 38.8 Å². The largest absolute Gasteiger partial charge is 0.508 e. The third-order valence-corrected chi connectivity index (χ3v) is 8.83. The van der Waals surface area contributed by atoms with Gasteiger partial charge in [0.15, 0.2) is 0 Å². The molecule has 0 aliphatic carbocycles. The lowest BCUT2D eigenvalue weighted by atomic mass is 9.79. The Kier molecular flexibility index (Phi) is 15.2. The summed E-state index contributed by atoms with van der Waals surface area (Å²) in [7, 11) is 1.34. The first-order valence-corrected chi connectivity index (χ1v) is 18.1. The normalized spacial score (nSPS) is 13.8. The second-order valence-electron chi connectivity index (χ2n) is 18.2. The summed E-state index contributed by atoms with van der Waals surface area (Å²) in [6.07, 6.45) is 1.23. The monoisotopic (exact) mass is 711 g/mol. The van der Waals surface area contributed by atoms with Gasteiger partial charge in [0.25, 0.3) is 0 Å². The molecule has 0 radical (unpaired) electrons. The number of ether oxygens (including phenoxy) is 3. The van der Waals surface area contributed by atoms with E-state index in [0.29, 0.717) is 32.5 Å². The van der Waals surface area contributed by atoms with Gasteiger partial charge in [-0.1, -0.05) is 107 Å². The van der Waals surface area contributed by atoms with Gasteiger partial charge >= 0.3 is 17.9 Å². The summed E-state index contributed by atoms with van der Waals surface area (Å²) in [6.45, 7) is 25.7. The Morgan fingerprint density at radius 1 is 0.627 bits per heavy atom. The average molecular weight is 712 g/mol. The maximum atomic E-state index is 13.6. The van der Waals surface area contributed by atoms with E-state index < -0.39 is 11.8 Å². The number of phenols is 2. The number of rotatable bonds is 15. The fourth-order valence-corrected chi connectivity index (χ4v) is 6.08. The second kappa shape index (κ2) is 17.8. The fraction of sp³-hybridized carbons (Fsp3) is 0.643. The van der Waals surface area contributed by atoms with Gasteiger partial charge < -0.3 is 24.4 Å². The number of hydrogen-bond donors (Lipinski definition) is 2. The van der Waals surface area contributed by atoms with E-state index in [1.54, 1.807) is 24.3 Å². The molecule has 0 saturated heterocycles. The molecule has 2 atom stereocenters. The van der Waals surface area contributed by atoms with E-state index in [9.17, 15) is 24.6 Å². The lowest BCUT2D eigenvalue weighted by molar-refractivity contribution is -0.148. The van der Waals surface area contributed by atoms with Crippen LogP contribution in [0.3, 0.4) is 0 Å². The summed E-state index contributed by atoms with van der Waals surface area (Å²) in [4.78, 5) is 41.2. The first kappa shape index (κ1) is 43.6. The number of benzene rings is 2. The summed E-state index contributed by atoms with van der Waals surface area (Å²) in [5.41, 5.74) is 2.15. The Bertz CT molecular complexity index is 1370. The molecule has 286 valence electrons. The smallest absolute Gasteiger partial charge is 0.313 e. The van der Waals surface area contributed by atoms with Crippen molar-refractivity contribution in [3.8, 4) is 11.5 Å². The summed E-state index contributed by atoms with van der Waals surface area (Å²) < 4.78 is 16.6. The molecule has 51 heavy (non-hydrogen) atoms. The highest BCUT2D eigenvalue weighted by molar-refractivity contribution is 5.79. The van der Waals surface area contributed by atoms with E-state index in [1.807, 2.05) is 58.6 Å². The number of hydrogen-bond acceptors (Lipinski definition) is 9. The quantitative estimate of drug-likeness (QED) is 0.139. The molecular formula is C42H65NO8. The van der Waals surface area contributed by atoms with Crippen LogP contribution in [0.25, 0.3) is 0 Å². The number of nitrogens with zero attached hydrogens (tertiary/aromatic N) is 1. The average Bonchev–Trinajstić information content (AvgIpc) is 2.99. The van der Waals surface area contributed by atoms with Crippen LogP contribution in [0.15, 0.2) is 36.4 Å². The molecule has 0 bridgehead atoms. The van der Waals surface area contributed by atoms with Gasteiger partial charge in [0, 0.05) is 19.6 Å². The van der Waals surface area contributed by atoms with E-state index in [1.165, 1.54) is 7.11 Å². The van der Waals surface area contributed by atoms with E-state index in [2.05, 4.69) is 41.5 Å². The number of methoxy groups -OCH3 is 1. The van der Waals surface area contributed by atoms with Crippen molar-refractivity contribution in [3.63, 3.8) is 0 Å². The first-order valence-electron chi connectivity index (χ1n) is 18.1. The molecule has 0 heterocycles. The molecule has 0 fully saturated rings. The predicted octanol–water partition coefficient (Wildman–Crippen LogP) is 8.38. The van der Waals surface area contributed by atoms with Gasteiger partial charge in [0.2, 0.25) is 0 Å². The number of esters is 3. The van der Waals surface area contributed by atoms with Crippen LogP contribution >= 0.6 is 0 Å². The highest BCUT2D eigenvalue weighted by Crippen LogP contribution is 2.39. The van der Waals surface area contributed by atoms with Crippen molar-refractivity contribution in [1.29, 1.82) is 0 Å². The van der Waals surface area contributed by atoms with E-state index in [0.717, 1.165) is 22.3 Å². The van der Waals surface area contributed by atoms with E-state index >= 15 is 0 Å². The number of phenolic OH excluding ortho intramolecular Hbond substituents is 2. The summed E-state index contributed by atoms with van der Waals surface area (Å²) >= 11 is 0. The Morgan fingerprint density at radius 3 is 1.31 bits per heavy atom. The van der Waals surface area contributed by atoms with Gasteiger partial charge in [0.05, 0.1) is 25.4 Å². The van der Waals surface area contributed by atoms with Crippen LogP contribution in [0.2, 0.25) is 0 Å². The van der Waals surface area contributed by atoms with Gasteiger partial charge in [-0.15, -0.1) is 0 Å². The first-order chi connectivity index (χ1) is 23.3. The van der Waals surface area contributed by atoms with Crippen LogP contribution in [-0.2, 0) is 39.4 Å². The molecule has 9 nitrogen and oxygen atoms in total. The number of aromatic hydroxyl groups is 2. The zero-order chi connectivity index (χ0) is 38.9. The van der Waals surface area contributed by atoms with E-state index in [4.69, 9.17) is 14.2 Å². The Labute approximate surface area is 307 Å². The highest BCUT2D eigenvalue weighted by atomic mass is 16.5. The molecule has 0 aromatic heterocycles. The van der Waals surface area contributed by atoms with Crippen molar-refractivity contribution in [1.82, 2.24) is 4.90 Å². The van der Waals surface area contributed by atoms with Crippen LogP contribution in [-0.4, -0.2) is 73.0 Å². The van der Waals surface area contributed by atoms with Crippen LogP contribution in [0.5, 0.6) is 11.5 Å². The SMILES string of the molecule is COC(=O)CCN(CCOC(=O)C(CC(C)(C)C)c1ccc(O)c(C(C)(C)C)c1)CCOC(=O)C(CC(C)(C)C)c1ccc(O)c(C(C)(C)C)c1. The molecule has 2 rings (SSSR count).